The van der Waals surface area contributed by atoms with Crippen LogP contribution in [0.15, 0.2) is 0 Å². The highest BCUT2D eigenvalue weighted by Crippen LogP contribution is 2.16. The molecule has 0 aliphatic carbocycles. The number of carboxylic acid groups (broad SMARTS) is 1. The Morgan fingerprint density at radius 3 is 2.35 bits per heavy atom. The Bertz CT molecular complexity index is 393. The second-order valence-corrected chi connectivity index (χ2v) is 5.37. The van der Waals surface area contributed by atoms with Crippen LogP contribution in [0.25, 0.3) is 0 Å². The first-order valence-electron chi connectivity index (χ1n) is 7.11. The lowest BCUT2D eigenvalue weighted by atomic mass is 9.99. The quantitative estimate of drug-likeness (QED) is 0.769. The normalized spacial score (nSPS) is 22.7. The standard InChI is InChI=1S/C13H21N3O4/c17-11(15-5-1-2-6-15)8-14-13(20)16-7-3-4-10(9-16)12(18)19/h10H,1-9H2,(H,14,20)(H,18,19). The summed E-state index contributed by atoms with van der Waals surface area (Å²) in [6.45, 7) is 2.29. The number of nitrogens with one attached hydrogen (secondary N) is 1. The Morgan fingerprint density at radius 2 is 1.70 bits per heavy atom. The molecule has 2 fully saturated rings. The van der Waals surface area contributed by atoms with Gasteiger partial charge >= 0.3 is 12.0 Å². The van der Waals surface area contributed by atoms with Gasteiger partial charge in [-0.1, -0.05) is 0 Å². The van der Waals surface area contributed by atoms with Gasteiger partial charge in [0.05, 0.1) is 12.5 Å². The molecule has 2 heterocycles. The van der Waals surface area contributed by atoms with E-state index in [2.05, 4.69) is 5.32 Å². The number of rotatable bonds is 3. The topological polar surface area (TPSA) is 90.0 Å². The molecule has 0 aromatic rings. The molecule has 0 radical (unpaired) electrons. The number of likely N-dealkylation sites (tertiary alicyclic amines) is 2. The van der Waals surface area contributed by atoms with Crippen LogP contribution in [0.2, 0.25) is 0 Å². The lowest BCUT2D eigenvalue weighted by molar-refractivity contribution is -0.143. The Kier molecular flexibility index (Phi) is 4.81. The molecule has 0 aromatic carbocycles. The minimum Gasteiger partial charge on any atom is -0.481 e. The molecule has 2 aliphatic rings. The molecule has 1 atom stereocenters. The van der Waals surface area contributed by atoms with Gasteiger partial charge in [-0.25, -0.2) is 4.79 Å². The first-order valence-corrected chi connectivity index (χ1v) is 7.11. The van der Waals surface area contributed by atoms with Crippen LogP contribution in [0.3, 0.4) is 0 Å². The van der Waals surface area contributed by atoms with E-state index >= 15 is 0 Å². The van der Waals surface area contributed by atoms with E-state index in [1.54, 1.807) is 4.90 Å². The molecule has 7 nitrogen and oxygen atoms in total. The van der Waals surface area contributed by atoms with Crippen molar-refractivity contribution in [2.45, 2.75) is 25.7 Å². The number of nitrogens with zero attached hydrogens (tertiary/aromatic N) is 2. The number of carboxylic acids is 1. The number of carbonyl (C=O) groups excluding carboxylic acids is 2. The maximum absolute atomic E-state index is 11.9. The summed E-state index contributed by atoms with van der Waals surface area (Å²) in [5.41, 5.74) is 0. The van der Waals surface area contributed by atoms with Crippen molar-refractivity contribution in [1.82, 2.24) is 15.1 Å². The van der Waals surface area contributed by atoms with Crippen molar-refractivity contribution in [3.05, 3.63) is 0 Å². The zero-order valence-electron chi connectivity index (χ0n) is 11.5. The van der Waals surface area contributed by atoms with E-state index in [0.717, 1.165) is 25.9 Å². The molecule has 2 saturated heterocycles. The molecule has 0 spiro atoms. The largest absolute Gasteiger partial charge is 0.481 e. The van der Waals surface area contributed by atoms with Crippen molar-refractivity contribution >= 4 is 17.9 Å². The van der Waals surface area contributed by atoms with Crippen molar-refractivity contribution in [2.24, 2.45) is 5.92 Å². The third-order valence-corrected chi connectivity index (χ3v) is 3.91. The van der Waals surface area contributed by atoms with Gasteiger partial charge in [0.2, 0.25) is 5.91 Å². The SMILES string of the molecule is O=C(O)C1CCCN(C(=O)NCC(=O)N2CCCC2)C1. The van der Waals surface area contributed by atoms with Crippen molar-refractivity contribution in [2.75, 3.05) is 32.7 Å². The third kappa shape index (κ3) is 3.61. The molecule has 2 aliphatic heterocycles. The summed E-state index contributed by atoms with van der Waals surface area (Å²) in [5.74, 6) is -1.43. The Labute approximate surface area is 117 Å². The highest BCUT2D eigenvalue weighted by molar-refractivity contribution is 5.84. The Balaban J connectivity index is 1.76. The smallest absolute Gasteiger partial charge is 0.317 e. The number of carbonyl (C=O) groups is 3. The fourth-order valence-electron chi connectivity index (χ4n) is 2.70. The number of piperidine rings is 1. The van der Waals surface area contributed by atoms with Gasteiger partial charge in [-0.15, -0.1) is 0 Å². The summed E-state index contributed by atoms with van der Waals surface area (Å²) in [6.07, 6.45) is 3.33. The van der Waals surface area contributed by atoms with Gasteiger partial charge in [0.1, 0.15) is 0 Å². The molecule has 2 N–H and O–H groups in total. The van der Waals surface area contributed by atoms with Crippen molar-refractivity contribution in [1.29, 1.82) is 0 Å². The fraction of sp³-hybridized carbons (Fsp3) is 0.769. The van der Waals surface area contributed by atoms with Crippen molar-refractivity contribution in [3.63, 3.8) is 0 Å². The number of amides is 3. The molecule has 112 valence electrons. The van der Waals surface area contributed by atoms with Crippen LogP contribution in [0.4, 0.5) is 4.79 Å². The van der Waals surface area contributed by atoms with E-state index in [1.165, 1.54) is 4.90 Å². The zero-order chi connectivity index (χ0) is 14.5. The predicted molar refractivity (Wildman–Crippen MR) is 71.1 cm³/mol. The molecule has 3 amide bonds. The van der Waals surface area contributed by atoms with E-state index in [4.69, 9.17) is 5.11 Å². The molecule has 0 aromatic heterocycles. The summed E-state index contributed by atoms with van der Waals surface area (Å²) >= 11 is 0. The summed E-state index contributed by atoms with van der Waals surface area (Å²) < 4.78 is 0. The van der Waals surface area contributed by atoms with Crippen LogP contribution in [0.5, 0.6) is 0 Å². The average molecular weight is 283 g/mol. The molecular formula is C13H21N3O4. The Morgan fingerprint density at radius 1 is 1.05 bits per heavy atom. The Hall–Kier alpha value is -1.79. The minimum absolute atomic E-state index is 0.00687. The van der Waals surface area contributed by atoms with Gasteiger partial charge in [-0.3, -0.25) is 9.59 Å². The van der Waals surface area contributed by atoms with Gasteiger partial charge in [-0.2, -0.15) is 0 Å². The van der Waals surface area contributed by atoms with E-state index in [-0.39, 0.29) is 25.0 Å². The molecule has 2 rings (SSSR count). The van der Waals surface area contributed by atoms with Crippen molar-refractivity contribution in [3.8, 4) is 0 Å². The van der Waals surface area contributed by atoms with E-state index in [1.807, 2.05) is 0 Å². The number of hydrogen-bond donors (Lipinski definition) is 2. The molecule has 0 bridgehead atoms. The molecule has 1 unspecified atom stereocenters. The summed E-state index contributed by atoms with van der Waals surface area (Å²) in [7, 11) is 0. The second kappa shape index (κ2) is 6.58. The fourth-order valence-corrected chi connectivity index (χ4v) is 2.70. The van der Waals surface area contributed by atoms with Crippen LogP contribution in [-0.4, -0.2) is 65.5 Å². The van der Waals surface area contributed by atoms with Crippen LogP contribution in [0.1, 0.15) is 25.7 Å². The maximum Gasteiger partial charge on any atom is 0.317 e. The second-order valence-electron chi connectivity index (χ2n) is 5.37. The number of hydrogen-bond acceptors (Lipinski definition) is 3. The summed E-state index contributed by atoms with van der Waals surface area (Å²) in [5, 5.41) is 11.6. The lowest BCUT2D eigenvalue weighted by Gasteiger charge is -2.30. The summed E-state index contributed by atoms with van der Waals surface area (Å²) in [4.78, 5) is 37.9. The zero-order valence-corrected chi connectivity index (χ0v) is 11.5. The van der Waals surface area contributed by atoms with Gasteiger partial charge in [0, 0.05) is 26.2 Å². The monoisotopic (exact) mass is 283 g/mol. The first-order chi connectivity index (χ1) is 9.58. The van der Waals surface area contributed by atoms with Crippen LogP contribution < -0.4 is 5.32 Å². The van der Waals surface area contributed by atoms with Crippen LogP contribution in [-0.2, 0) is 9.59 Å². The molecule has 20 heavy (non-hydrogen) atoms. The van der Waals surface area contributed by atoms with Crippen LogP contribution >= 0.6 is 0 Å². The number of aliphatic carboxylic acids is 1. The summed E-state index contributed by atoms with van der Waals surface area (Å²) in [6, 6.07) is -0.344. The predicted octanol–water partition coefficient (Wildman–Crippen LogP) is 0.115. The highest BCUT2D eigenvalue weighted by Gasteiger charge is 2.28. The van der Waals surface area contributed by atoms with E-state index in [9.17, 15) is 14.4 Å². The first kappa shape index (κ1) is 14.6. The average Bonchev–Trinajstić information content (AvgIpc) is 2.98. The van der Waals surface area contributed by atoms with Crippen LogP contribution in [0, 0.1) is 5.92 Å². The van der Waals surface area contributed by atoms with Gasteiger partial charge in [0.25, 0.3) is 0 Å². The van der Waals surface area contributed by atoms with E-state index < -0.39 is 11.9 Å². The highest BCUT2D eigenvalue weighted by atomic mass is 16.4. The molecular weight excluding hydrogens is 262 g/mol. The molecule has 0 saturated carbocycles. The number of urea groups is 1. The van der Waals surface area contributed by atoms with Crippen molar-refractivity contribution < 1.29 is 19.5 Å². The van der Waals surface area contributed by atoms with Gasteiger partial charge in [-0.05, 0) is 25.7 Å². The minimum atomic E-state index is -0.865. The van der Waals surface area contributed by atoms with Gasteiger partial charge in [0.15, 0.2) is 0 Å². The molecule has 7 heteroatoms. The van der Waals surface area contributed by atoms with E-state index in [0.29, 0.717) is 19.4 Å². The van der Waals surface area contributed by atoms with Gasteiger partial charge < -0.3 is 20.2 Å². The third-order valence-electron chi connectivity index (χ3n) is 3.91. The lowest BCUT2D eigenvalue weighted by Crippen LogP contribution is -2.49. The maximum atomic E-state index is 11.9.